The lowest BCUT2D eigenvalue weighted by molar-refractivity contribution is -0.385. The summed E-state index contributed by atoms with van der Waals surface area (Å²) in [7, 11) is 0. The highest BCUT2D eigenvalue weighted by atomic mass is 16.6. The molecule has 0 spiro atoms. The first-order chi connectivity index (χ1) is 11.5. The van der Waals surface area contributed by atoms with Gasteiger partial charge in [-0.1, -0.05) is 18.2 Å². The van der Waals surface area contributed by atoms with Gasteiger partial charge < -0.3 is 0 Å². The average Bonchev–Trinajstić information content (AvgIpc) is 2.59. The molecule has 7 nitrogen and oxygen atoms in total. The van der Waals surface area contributed by atoms with E-state index < -0.39 is 9.85 Å². The monoisotopic (exact) mass is 324 g/mol. The first-order valence-corrected chi connectivity index (χ1v) is 6.85. The number of benzene rings is 2. The topological polar surface area (TPSA) is 103 Å². The summed E-state index contributed by atoms with van der Waals surface area (Å²) in [6, 6.07) is 11.3. The largest absolute Gasteiger partial charge is 0.289 e. The van der Waals surface area contributed by atoms with Crippen molar-refractivity contribution >= 4 is 23.2 Å². The normalized spacial score (nSPS) is 11.0. The maximum Gasteiger partial charge on any atom is 0.269 e. The molecule has 7 heteroatoms. The van der Waals surface area contributed by atoms with E-state index in [0.717, 1.165) is 5.56 Å². The second-order valence-corrected chi connectivity index (χ2v) is 4.74. The number of allylic oxidation sites excluding steroid dienone is 3. The molecule has 0 aliphatic rings. The fraction of sp³-hybridized carbons (Fsp3) is 0. The zero-order valence-electron chi connectivity index (χ0n) is 12.4. The lowest BCUT2D eigenvalue weighted by Crippen LogP contribution is -1.94. The third-order valence-corrected chi connectivity index (χ3v) is 3.11. The molecule has 0 fully saturated rings. The predicted molar refractivity (Wildman–Crippen MR) is 88.7 cm³/mol. The number of nitro benzene ring substituents is 2. The van der Waals surface area contributed by atoms with Crippen molar-refractivity contribution in [2.75, 3.05) is 0 Å². The van der Waals surface area contributed by atoms with Gasteiger partial charge in [-0.15, -0.1) is 0 Å². The summed E-state index contributed by atoms with van der Waals surface area (Å²) in [6.07, 6.45) is 6.20. The fourth-order valence-electron chi connectivity index (χ4n) is 1.86. The minimum atomic E-state index is -0.531. The van der Waals surface area contributed by atoms with Crippen LogP contribution in [-0.4, -0.2) is 15.6 Å². The first kappa shape index (κ1) is 16.8. The van der Waals surface area contributed by atoms with Gasteiger partial charge in [0, 0.05) is 29.8 Å². The molecule has 0 N–H and O–H groups in total. The van der Waals surface area contributed by atoms with Crippen LogP contribution in [0.15, 0.2) is 66.8 Å². The van der Waals surface area contributed by atoms with Crippen molar-refractivity contribution in [3.8, 4) is 0 Å². The van der Waals surface area contributed by atoms with E-state index in [1.807, 2.05) is 0 Å². The maximum atomic E-state index is 11.9. The van der Waals surface area contributed by atoms with E-state index in [4.69, 9.17) is 0 Å². The number of ketones is 1. The van der Waals surface area contributed by atoms with E-state index >= 15 is 0 Å². The highest BCUT2D eigenvalue weighted by Crippen LogP contribution is 2.14. The van der Waals surface area contributed by atoms with Gasteiger partial charge in [0.2, 0.25) is 0 Å². The van der Waals surface area contributed by atoms with Crippen LogP contribution in [0.3, 0.4) is 0 Å². The van der Waals surface area contributed by atoms with E-state index in [1.54, 1.807) is 24.3 Å². The van der Waals surface area contributed by atoms with Gasteiger partial charge in [0.1, 0.15) is 0 Å². The molecule has 0 heterocycles. The Hall–Kier alpha value is -3.61. The first-order valence-electron chi connectivity index (χ1n) is 6.85. The summed E-state index contributed by atoms with van der Waals surface area (Å²) >= 11 is 0. The second kappa shape index (κ2) is 7.59. The highest BCUT2D eigenvalue weighted by molar-refractivity contribution is 6.04. The Kier molecular flexibility index (Phi) is 5.30. The van der Waals surface area contributed by atoms with Crippen molar-refractivity contribution in [3.63, 3.8) is 0 Å². The van der Waals surface area contributed by atoms with Gasteiger partial charge in [0.15, 0.2) is 5.78 Å². The van der Waals surface area contributed by atoms with E-state index in [9.17, 15) is 25.0 Å². The summed E-state index contributed by atoms with van der Waals surface area (Å²) in [5, 5.41) is 21.1. The number of rotatable bonds is 6. The van der Waals surface area contributed by atoms with Gasteiger partial charge in [0.25, 0.3) is 11.4 Å². The lowest BCUT2D eigenvalue weighted by atomic mass is 10.1. The number of nitro groups is 2. The summed E-state index contributed by atoms with van der Waals surface area (Å²) in [5.41, 5.74) is 1.04. The molecule has 2 aromatic carbocycles. The Morgan fingerprint density at radius 3 is 1.79 bits per heavy atom. The molecule has 2 rings (SSSR count). The zero-order valence-corrected chi connectivity index (χ0v) is 12.4. The molecule has 0 aromatic heterocycles. The summed E-state index contributed by atoms with van der Waals surface area (Å²) < 4.78 is 0. The molecule has 0 amide bonds. The standard InChI is InChI=1S/C17H12N2O5/c20-17(14-7-11-16(12-8-14)19(23)24)4-2-1-3-13-5-9-15(10-6-13)18(21)22/h1-12H. The molecule has 0 unspecified atom stereocenters. The van der Waals surface area contributed by atoms with Gasteiger partial charge in [-0.25, -0.2) is 0 Å². The Balaban J connectivity index is 1.98. The molecule has 24 heavy (non-hydrogen) atoms. The maximum absolute atomic E-state index is 11.9. The van der Waals surface area contributed by atoms with Crippen LogP contribution in [0.2, 0.25) is 0 Å². The lowest BCUT2D eigenvalue weighted by Gasteiger charge is -1.95. The molecule has 120 valence electrons. The molecule has 0 radical (unpaired) electrons. The van der Waals surface area contributed by atoms with Crippen LogP contribution in [-0.2, 0) is 0 Å². The Bertz CT molecular complexity index is 821. The SMILES string of the molecule is O=C(C=CC=Cc1ccc([N+](=O)[O-])cc1)c1ccc([N+](=O)[O-])cc1. The summed E-state index contributed by atoms with van der Waals surface area (Å²) in [5.74, 6) is -0.279. The van der Waals surface area contributed by atoms with Crippen LogP contribution in [0.25, 0.3) is 6.08 Å². The van der Waals surface area contributed by atoms with Crippen molar-refractivity contribution in [2.24, 2.45) is 0 Å². The molecule has 0 aliphatic heterocycles. The van der Waals surface area contributed by atoms with E-state index in [0.29, 0.717) is 5.56 Å². The van der Waals surface area contributed by atoms with Gasteiger partial charge in [-0.3, -0.25) is 25.0 Å². The number of hydrogen-bond donors (Lipinski definition) is 0. The van der Waals surface area contributed by atoms with Crippen molar-refractivity contribution in [2.45, 2.75) is 0 Å². The van der Waals surface area contributed by atoms with Gasteiger partial charge in [-0.05, 0) is 35.9 Å². The predicted octanol–water partition coefficient (Wildman–Crippen LogP) is 3.96. The van der Waals surface area contributed by atoms with Gasteiger partial charge in [-0.2, -0.15) is 0 Å². The molecule has 0 bridgehead atoms. The Morgan fingerprint density at radius 1 is 0.792 bits per heavy atom. The quantitative estimate of drug-likeness (QED) is 0.263. The summed E-state index contributed by atoms with van der Waals surface area (Å²) in [6.45, 7) is 0. The minimum Gasteiger partial charge on any atom is -0.289 e. The van der Waals surface area contributed by atoms with Crippen molar-refractivity contribution in [3.05, 3.63) is 98.1 Å². The number of hydrogen-bond acceptors (Lipinski definition) is 5. The zero-order chi connectivity index (χ0) is 17.5. The van der Waals surface area contributed by atoms with Gasteiger partial charge >= 0.3 is 0 Å². The molecule has 0 atom stereocenters. The van der Waals surface area contributed by atoms with E-state index in [-0.39, 0.29) is 17.2 Å². The average molecular weight is 324 g/mol. The number of carbonyl (C=O) groups is 1. The van der Waals surface area contributed by atoms with E-state index in [2.05, 4.69) is 0 Å². The molecule has 2 aromatic rings. The highest BCUT2D eigenvalue weighted by Gasteiger charge is 2.06. The van der Waals surface area contributed by atoms with Gasteiger partial charge in [0.05, 0.1) is 9.85 Å². The number of nitrogens with zero attached hydrogens (tertiary/aromatic N) is 2. The van der Waals surface area contributed by atoms with Crippen LogP contribution in [0, 0.1) is 20.2 Å². The fourth-order valence-corrected chi connectivity index (χ4v) is 1.86. The minimum absolute atomic E-state index is 0.0102. The smallest absolute Gasteiger partial charge is 0.269 e. The molecular formula is C17H12N2O5. The molecule has 0 saturated carbocycles. The molecular weight excluding hydrogens is 312 g/mol. The number of non-ortho nitro benzene ring substituents is 2. The van der Waals surface area contributed by atoms with Crippen LogP contribution in [0.1, 0.15) is 15.9 Å². The van der Waals surface area contributed by atoms with Crippen LogP contribution in [0.5, 0.6) is 0 Å². The Morgan fingerprint density at radius 2 is 1.29 bits per heavy atom. The molecule has 0 saturated heterocycles. The van der Waals surface area contributed by atoms with Crippen molar-refractivity contribution in [1.82, 2.24) is 0 Å². The van der Waals surface area contributed by atoms with Crippen molar-refractivity contribution < 1.29 is 14.6 Å². The van der Waals surface area contributed by atoms with E-state index in [1.165, 1.54) is 48.6 Å². The summed E-state index contributed by atoms with van der Waals surface area (Å²) in [4.78, 5) is 32.0. The van der Waals surface area contributed by atoms with Crippen LogP contribution >= 0.6 is 0 Å². The third kappa shape index (κ3) is 4.44. The Labute approximate surface area is 136 Å². The second-order valence-electron chi connectivity index (χ2n) is 4.74. The third-order valence-electron chi connectivity index (χ3n) is 3.11. The van der Waals surface area contributed by atoms with Crippen LogP contribution in [0.4, 0.5) is 11.4 Å². The van der Waals surface area contributed by atoms with Crippen molar-refractivity contribution in [1.29, 1.82) is 0 Å². The molecule has 0 aliphatic carbocycles. The number of carbonyl (C=O) groups excluding carboxylic acids is 1. The van der Waals surface area contributed by atoms with Crippen LogP contribution < -0.4 is 0 Å².